The van der Waals surface area contributed by atoms with Crippen molar-refractivity contribution in [2.75, 3.05) is 13.1 Å². The first-order valence-electron chi connectivity index (χ1n) is 10.9. The van der Waals surface area contributed by atoms with Crippen LogP contribution in [0, 0.1) is 12.8 Å². The Morgan fingerprint density at radius 1 is 1.26 bits per heavy atom. The van der Waals surface area contributed by atoms with Gasteiger partial charge in [-0.1, -0.05) is 29.0 Å². The average molecular weight is 493 g/mol. The van der Waals surface area contributed by atoms with Gasteiger partial charge in [0.05, 0.1) is 5.69 Å². The van der Waals surface area contributed by atoms with Crippen molar-refractivity contribution in [3.63, 3.8) is 0 Å². The Balaban J connectivity index is 0.000000429. The predicted octanol–water partition coefficient (Wildman–Crippen LogP) is 3.49. The summed E-state index contributed by atoms with van der Waals surface area (Å²) in [6, 6.07) is 11.7. The van der Waals surface area contributed by atoms with Crippen molar-refractivity contribution in [1.29, 1.82) is 0 Å². The monoisotopic (exact) mass is 493 g/mol. The molecule has 0 radical (unpaired) electrons. The molecule has 188 valence electrons. The van der Waals surface area contributed by atoms with Gasteiger partial charge >= 0.3 is 12.1 Å². The van der Waals surface area contributed by atoms with Gasteiger partial charge in [-0.05, 0) is 43.9 Å². The van der Waals surface area contributed by atoms with Gasteiger partial charge in [0.1, 0.15) is 5.76 Å². The molecule has 0 aliphatic carbocycles. The first kappa shape index (κ1) is 25.9. The van der Waals surface area contributed by atoms with E-state index in [-0.39, 0.29) is 5.91 Å². The maximum atomic E-state index is 12.9. The number of aliphatic carboxylic acids is 1. The number of carboxylic acids is 1. The molecule has 3 heterocycles. The Labute approximate surface area is 199 Å². The molecule has 1 unspecified atom stereocenters. The van der Waals surface area contributed by atoms with E-state index in [4.69, 9.17) is 20.1 Å². The third-order valence-corrected chi connectivity index (χ3v) is 5.41. The molecule has 1 atom stereocenters. The van der Waals surface area contributed by atoms with Crippen LogP contribution >= 0.6 is 0 Å². The number of hydrogen-bond acceptors (Lipinski definition) is 6. The predicted molar refractivity (Wildman–Crippen MR) is 119 cm³/mol. The zero-order valence-corrected chi connectivity index (χ0v) is 19.0. The summed E-state index contributed by atoms with van der Waals surface area (Å²) in [6.45, 7) is 4.61. The molecule has 0 bridgehead atoms. The Morgan fingerprint density at radius 3 is 2.63 bits per heavy atom. The molecule has 1 fully saturated rings. The molecule has 12 heteroatoms. The third kappa shape index (κ3) is 7.15. The van der Waals surface area contributed by atoms with Gasteiger partial charge < -0.3 is 20.2 Å². The highest BCUT2D eigenvalue weighted by Crippen LogP contribution is 2.25. The van der Waals surface area contributed by atoms with E-state index in [9.17, 15) is 18.0 Å². The molecule has 3 aromatic rings. The van der Waals surface area contributed by atoms with Crippen LogP contribution in [0.1, 0.15) is 34.7 Å². The highest BCUT2D eigenvalue weighted by molar-refractivity contribution is 5.92. The molecule has 4 rings (SSSR count). The number of benzene rings is 1. The number of carbonyl (C=O) groups excluding carboxylic acids is 1. The fraction of sp³-hybridized carbons (Fsp3) is 0.391. The number of alkyl halides is 3. The van der Waals surface area contributed by atoms with Crippen LogP contribution in [0.2, 0.25) is 0 Å². The molecule has 9 nitrogen and oxygen atoms in total. The van der Waals surface area contributed by atoms with E-state index in [0.29, 0.717) is 24.8 Å². The van der Waals surface area contributed by atoms with Crippen molar-refractivity contribution in [3.05, 3.63) is 59.6 Å². The van der Waals surface area contributed by atoms with E-state index in [0.717, 1.165) is 48.5 Å². The second-order valence-corrected chi connectivity index (χ2v) is 8.23. The summed E-state index contributed by atoms with van der Waals surface area (Å²) in [5.41, 5.74) is 8.52. The summed E-state index contributed by atoms with van der Waals surface area (Å²) in [5.74, 6) is -1.35. The first-order chi connectivity index (χ1) is 16.6. The zero-order valence-electron chi connectivity index (χ0n) is 19.0. The molecule has 0 saturated carbocycles. The van der Waals surface area contributed by atoms with Crippen LogP contribution in [0.4, 0.5) is 13.2 Å². The number of likely N-dealkylation sites (tertiary alicyclic amines) is 1. The van der Waals surface area contributed by atoms with Gasteiger partial charge in [-0.25, -0.2) is 4.79 Å². The van der Waals surface area contributed by atoms with Crippen LogP contribution in [-0.2, 0) is 17.9 Å². The lowest BCUT2D eigenvalue weighted by molar-refractivity contribution is -0.192. The first-order valence-corrected chi connectivity index (χ1v) is 10.9. The van der Waals surface area contributed by atoms with E-state index in [2.05, 4.69) is 16.4 Å². The summed E-state index contributed by atoms with van der Waals surface area (Å²) in [4.78, 5) is 23.7. The number of aromatic nitrogens is 3. The van der Waals surface area contributed by atoms with Crippen molar-refractivity contribution in [1.82, 2.24) is 19.9 Å². The number of halogens is 3. The second-order valence-electron chi connectivity index (χ2n) is 8.23. The molecule has 1 amide bonds. The van der Waals surface area contributed by atoms with Gasteiger partial charge in [0.15, 0.2) is 5.76 Å². The fourth-order valence-corrected chi connectivity index (χ4v) is 3.75. The SMILES string of the molecule is Cc1cccc(-c2ccc(C(=O)N3CCCC(Cn4cc(CN)nn4)C3)o2)c1.O=C(O)C(F)(F)F. The Hall–Kier alpha value is -3.67. The molecule has 1 aromatic carbocycles. The Bertz CT molecular complexity index is 1160. The lowest BCUT2D eigenvalue weighted by atomic mass is 9.98. The number of furan rings is 1. The van der Waals surface area contributed by atoms with Gasteiger partial charge in [0.25, 0.3) is 5.91 Å². The van der Waals surface area contributed by atoms with E-state index in [1.54, 1.807) is 6.07 Å². The summed E-state index contributed by atoms with van der Waals surface area (Å²) in [5, 5.41) is 15.3. The van der Waals surface area contributed by atoms with Gasteiger partial charge in [0, 0.05) is 37.9 Å². The largest absolute Gasteiger partial charge is 0.490 e. The van der Waals surface area contributed by atoms with Crippen molar-refractivity contribution >= 4 is 11.9 Å². The number of carbonyl (C=O) groups is 2. The van der Waals surface area contributed by atoms with E-state index >= 15 is 0 Å². The van der Waals surface area contributed by atoms with Gasteiger partial charge in [-0.3, -0.25) is 9.48 Å². The average Bonchev–Trinajstić information content (AvgIpc) is 3.48. The van der Waals surface area contributed by atoms with Gasteiger partial charge in [-0.15, -0.1) is 5.10 Å². The molecule has 1 saturated heterocycles. The van der Waals surface area contributed by atoms with Crippen molar-refractivity contribution in [3.8, 4) is 11.3 Å². The molecular weight excluding hydrogens is 467 g/mol. The standard InChI is InChI=1S/C21H25N5O2.C2HF3O2/c1-15-4-2-6-17(10-15)19-7-8-20(28-19)21(27)25-9-3-5-16(12-25)13-26-14-18(11-22)23-24-26;3-2(4,5)1(6)7/h2,4,6-8,10,14,16H,3,5,9,11-13,22H2,1H3;(H,6,7). The van der Waals surface area contributed by atoms with Crippen LogP contribution in [0.3, 0.4) is 0 Å². The summed E-state index contributed by atoms with van der Waals surface area (Å²) in [6.07, 6.45) is -1.17. The molecule has 1 aliphatic rings. The molecule has 35 heavy (non-hydrogen) atoms. The van der Waals surface area contributed by atoms with Crippen LogP contribution in [-0.4, -0.2) is 56.1 Å². The number of nitrogens with zero attached hydrogens (tertiary/aromatic N) is 4. The number of aryl methyl sites for hydroxylation is 1. The number of amides is 1. The van der Waals surface area contributed by atoms with Crippen LogP contribution in [0.15, 0.2) is 47.0 Å². The smallest absolute Gasteiger partial charge is 0.475 e. The number of piperidine rings is 1. The minimum atomic E-state index is -5.08. The molecule has 3 N–H and O–H groups in total. The maximum absolute atomic E-state index is 12.9. The van der Waals surface area contributed by atoms with Crippen molar-refractivity contribution in [2.45, 2.75) is 39.0 Å². The Morgan fingerprint density at radius 2 is 2.00 bits per heavy atom. The number of carboxylic acid groups (broad SMARTS) is 1. The highest BCUT2D eigenvalue weighted by Gasteiger charge is 2.38. The van der Waals surface area contributed by atoms with Crippen LogP contribution in [0.5, 0.6) is 0 Å². The second kappa shape index (κ2) is 11.2. The lowest BCUT2D eigenvalue weighted by Crippen LogP contribution is -2.41. The Kier molecular flexibility index (Phi) is 8.28. The van der Waals surface area contributed by atoms with Crippen molar-refractivity contribution in [2.24, 2.45) is 11.7 Å². The minimum Gasteiger partial charge on any atom is -0.475 e. The zero-order chi connectivity index (χ0) is 25.6. The number of rotatable bonds is 5. The van der Waals surface area contributed by atoms with Gasteiger partial charge in [-0.2, -0.15) is 13.2 Å². The van der Waals surface area contributed by atoms with E-state index in [1.807, 2.05) is 47.0 Å². The summed E-state index contributed by atoms with van der Waals surface area (Å²) < 4.78 is 39.4. The maximum Gasteiger partial charge on any atom is 0.490 e. The van der Waals surface area contributed by atoms with Crippen LogP contribution in [0.25, 0.3) is 11.3 Å². The number of nitrogens with two attached hydrogens (primary N) is 1. The quantitative estimate of drug-likeness (QED) is 0.557. The van der Waals surface area contributed by atoms with E-state index < -0.39 is 12.1 Å². The van der Waals surface area contributed by atoms with Crippen LogP contribution < -0.4 is 5.73 Å². The number of hydrogen-bond donors (Lipinski definition) is 2. The molecule has 0 spiro atoms. The summed E-state index contributed by atoms with van der Waals surface area (Å²) >= 11 is 0. The topological polar surface area (TPSA) is 127 Å². The highest BCUT2D eigenvalue weighted by atomic mass is 19.4. The lowest BCUT2D eigenvalue weighted by Gasteiger charge is -2.32. The van der Waals surface area contributed by atoms with Crippen molar-refractivity contribution < 1.29 is 32.3 Å². The molecule has 2 aromatic heterocycles. The minimum absolute atomic E-state index is 0.0511. The fourth-order valence-electron chi connectivity index (χ4n) is 3.75. The van der Waals surface area contributed by atoms with Gasteiger partial charge in [0.2, 0.25) is 0 Å². The van der Waals surface area contributed by atoms with E-state index in [1.165, 1.54) is 0 Å². The molecular formula is C23H26F3N5O4. The third-order valence-electron chi connectivity index (χ3n) is 5.41. The normalized spacial score (nSPS) is 15.9. The summed E-state index contributed by atoms with van der Waals surface area (Å²) in [7, 11) is 0. The molecule has 1 aliphatic heterocycles.